The fourth-order valence-corrected chi connectivity index (χ4v) is 10.5. The molecule has 3 saturated heterocycles. The number of ether oxygens (including phenoxy) is 1. The van der Waals surface area contributed by atoms with Gasteiger partial charge >= 0.3 is 0 Å². The van der Waals surface area contributed by atoms with Crippen LogP contribution < -0.4 is 9.64 Å². The first kappa shape index (κ1) is 34.5. The lowest BCUT2D eigenvalue weighted by atomic mass is 9.70. The highest BCUT2D eigenvalue weighted by Crippen LogP contribution is 2.67. The molecule has 0 saturated carbocycles. The van der Waals surface area contributed by atoms with Gasteiger partial charge in [-0.1, -0.05) is 59.8 Å². The number of hydrogen-bond acceptors (Lipinski definition) is 8. The van der Waals surface area contributed by atoms with Crippen LogP contribution in [0, 0.1) is 11.8 Å². The summed E-state index contributed by atoms with van der Waals surface area (Å²) in [5.74, 6) is -1.50. The summed E-state index contributed by atoms with van der Waals surface area (Å²) in [4.78, 5) is 49.9. The van der Waals surface area contributed by atoms with E-state index >= 15 is 9.59 Å². The van der Waals surface area contributed by atoms with Crippen molar-refractivity contribution in [3.05, 3.63) is 110 Å². The molecule has 0 radical (unpaired) electrons. The summed E-state index contributed by atoms with van der Waals surface area (Å²) < 4.78 is 6.41. The van der Waals surface area contributed by atoms with E-state index in [4.69, 9.17) is 4.74 Å². The molecule has 2 unspecified atom stereocenters. The highest BCUT2D eigenvalue weighted by molar-refractivity contribution is 8.02. The first-order chi connectivity index (χ1) is 24.9. The van der Waals surface area contributed by atoms with Gasteiger partial charge in [-0.3, -0.25) is 14.4 Å². The molecular weight excluding hydrogens is 665 g/mol. The number of anilines is 1. The molecule has 4 heterocycles. The average Bonchev–Trinajstić information content (AvgIpc) is 3.91. The first-order valence-corrected chi connectivity index (χ1v) is 18.2. The molecule has 11 nitrogen and oxygen atoms in total. The van der Waals surface area contributed by atoms with Gasteiger partial charge in [0, 0.05) is 24.0 Å². The van der Waals surface area contributed by atoms with Crippen molar-refractivity contribution >= 4 is 46.2 Å². The molecule has 1 spiro atoms. The normalized spacial score (nSPS) is 24.0. The minimum absolute atomic E-state index is 0.0844. The second-order valence-corrected chi connectivity index (χ2v) is 14.7. The number of nitrogens with zero attached hydrogens (tertiary/aromatic N) is 6. The molecule has 3 aromatic carbocycles. The number of aromatic nitrogens is 3. The third-order valence-corrected chi connectivity index (χ3v) is 12.3. The minimum Gasteiger partial charge on any atom is -0.494 e. The second-order valence-electron chi connectivity index (χ2n) is 13.1. The summed E-state index contributed by atoms with van der Waals surface area (Å²) in [6, 6.07) is 22.4. The molecule has 6 atom stereocenters. The highest BCUT2D eigenvalue weighted by Gasteiger charge is 2.74. The summed E-state index contributed by atoms with van der Waals surface area (Å²) in [6.45, 7) is 10.4. The monoisotopic (exact) mass is 706 g/mol. The maximum atomic E-state index is 15.2. The van der Waals surface area contributed by atoms with Crippen molar-refractivity contribution in [3.8, 4) is 5.75 Å². The molecular formula is C39H42N6O5S. The topological polar surface area (TPSA) is 121 Å². The molecule has 3 aliphatic rings. The molecule has 264 valence electrons. The Balaban J connectivity index is 1.30. The molecule has 1 N–H and O–H groups in total. The van der Waals surface area contributed by atoms with Gasteiger partial charge in [0.25, 0.3) is 0 Å². The first-order valence-electron chi connectivity index (χ1n) is 17.4. The van der Waals surface area contributed by atoms with Crippen molar-refractivity contribution in [1.29, 1.82) is 0 Å². The largest absolute Gasteiger partial charge is 0.494 e. The molecule has 2 bridgehead atoms. The molecule has 3 amide bonds. The standard InChI is InChI=1S/C39H42N6O5S/c1-4-22-42(25-44-30-15-11-10-14-29(30)40-41-44)38(49)35-39-21-20-32(51-39)33(34(39)37(48)45(35)31(24-46)26-12-8-7-9-13-26)36(47)43(23-5-2)27-16-18-28(19-17-27)50-6-3/h4-5,7-19,31-35,46H,1-2,6,20-25H2,3H3/t31-,32-,33+,34+,35?,39?/m1/s1. The Kier molecular flexibility index (Phi) is 9.71. The number of para-hydroxylation sites is 1. The maximum Gasteiger partial charge on any atom is 0.248 e. The highest BCUT2D eigenvalue weighted by atomic mass is 32.2. The SMILES string of the molecule is C=CCN(Cn1nnc2ccccc21)C(=O)C1N([C@H](CO)c2ccccc2)C(=O)[C@@H]2[C@@H](C(=O)N(CC=C)c3ccc(OCC)cc3)[C@H]3CCC12S3. The van der Waals surface area contributed by atoms with E-state index < -0.39 is 28.7 Å². The number of fused-ring (bicyclic) bond motifs is 2. The van der Waals surface area contributed by atoms with Crippen LogP contribution in [0.4, 0.5) is 5.69 Å². The summed E-state index contributed by atoms with van der Waals surface area (Å²) in [5, 5.41) is 19.4. The van der Waals surface area contributed by atoms with Gasteiger partial charge < -0.3 is 24.5 Å². The summed E-state index contributed by atoms with van der Waals surface area (Å²) in [7, 11) is 0. The number of thioether (sulfide) groups is 1. The summed E-state index contributed by atoms with van der Waals surface area (Å²) >= 11 is 1.59. The van der Waals surface area contributed by atoms with Gasteiger partial charge in [-0.05, 0) is 61.7 Å². The number of likely N-dealkylation sites (tertiary alicyclic amines) is 1. The second kappa shape index (κ2) is 14.4. The van der Waals surface area contributed by atoms with Crippen LogP contribution in [0.2, 0.25) is 0 Å². The zero-order chi connectivity index (χ0) is 35.7. The van der Waals surface area contributed by atoms with Crippen molar-refractivity contribution in [2.45, 2.75) is 48.5 Å². The maximum absolute atomic E-state index is 15.2. The van der Waals surface area contributed by atoms with E-state index in [0.717, 1.165) is 5.52 Å². The minimum atomic E-state index is -0.951. The predicted octanol–water partition coefficient (Wildman–Crippen LogP) is 4.85. The number of rotatable bonds is 14. The van der Waals surface area contributed by atoms with Crippen molar-refractivity contribution in [2.24, 2.45) is 11.8 Å². The van der Waals surface area contributed by atoms with Crippen LogP contribution >= 0.6 is 11.8 Å². The van der Waals surface area contributed by atoms with Crippen LogP contribution in [0.1, 0.15) is 31.4 Å². The van der Waals surface area contributed by atoms with Crippen molar-refractivity contribution in [2.75, 3.05) is 31.2 Å². The Morgan fingerprint density at radius 2 is 1.76 bits per heavy atom. The van der Waals surface area contributed by atoms with Crippen LogP contribution in [0.25, 0.3) is 11.0 Å². The van der Waals surface area contributed by atoms with Gasteiger partial charge in [-0.15, -0.1) is 30.0 Å². The van der Waals surface area contributed by atoms with Gasteiger partial charge in [0.05, 0.1) is 41.4 Å². The van der Waals surface area contributed by atoms with E-state index in [1.807, 2.05) is 85.8 Å². The lowest BCUT2D eigenvalue weighted by Crippen LogP contribution is -2.56. The molecule has 7 rings (SSSR count). The third kappa shape index (κ3) is 5.89. The Morgan fingerprint density at radius 3 is 2.47 bits per heavy atom. The number of benzene rings is 3. The lowest BCUT2D eigenvalue weighted by Gasteiger charge is -2.39. The van der Waals surface area contributed by atoms with Gasteiger partial charge in [-0.2, -0.15) is 0 Å². The number of aliphatic hydroxyl groups excluding tert-OH is 1. The molecule has 3 aliphatic heterocycles. The Bertz CT molecular complexity index is 1940. The average molecular weight is 707 g/mol. The number of amides is 3. The molecule has 4 aromatic rings. The molecule has 1 aromatic heterocycles. The molecule has 3 fully saturated rings. The van der Waals surface area contributed by atoms with Crippen LogP contribution in [0.5, 0.6) is 5.75 Å². The van der Waals surface area contributed by atoms with Crippen molar-refractivity contribution in [1.82, 2.24) is 24.8 Å². The zero-order valence-electron chi connectivity index (χ0n) is 28.6. The van der Waals surface area contributed by atoms with Gasteiger partial charge in [-0.25, -0.2) is 4.68 Å². The fourth-order valence-electron chi connectivity index (χ4n) is 8.27. The van der Waals surface area contributed by atoms with E-state index in [9.17, 15) is 9.90 Å². The van der Waals surface area contributed by atoms with E-state index in [1.165, 1.54) is 0 Å². The quantitative estimate of drug-likeness (QED) is 0.185. The van der Waals surface area contributed by atoms with Gasteiger partial charge in [0.2, 0.25) is 17.7 Å². The zero-order valence-corrected chi connectivity index (χ0v) is 29.4. The number of aliphatic hydroxyl groups is 1. The van der Waals surface area contributed by atoms with Crippen LogP contribution in [-0.4, -0.2) is 90.0 Å². The lowest BCUT2D eigenvalue weighted by molar-refractivity contribution is -0.146. The van der Waals surface area contributed by atoms with Crippen LogP contribution in [0.15, 0.2) is 104 Å². The molecule has 51 heavy (non-hydrogen) atoms. The number of carbonyl (C=O) groups is 3. The number of hydrogen-bond donors (Lipinski definition) is 1. The Labute approximate surface area is 301 Å². The Hall–Kier alpha value is -4.94. The third-order valence-electron chi connectivity index (χ3n) is 10.4. The summed E-state index contributed by atoms with van der Waals surface area (Å²) in [5.41, 5.74) is 2.86. The summed E-state index contributed by atoms with van der Waals surface area (Å²) in [6.07, 6.45) is 4.60. The van der Waals surface area contributed by atoms with Crippen molar-refractivity contribution in [3.63, 3.8) is 0 Å². The van der Waals surface area contributed by atoms with E-state index in [-0.39, 0.29) is 49.3 Å². The van der Waals surface area contributed by atoms with E-state index in [1.54, 1.807) is 43.3 Å². The van der Waals surface area contributed by atoms with Crippen LogP contribution in [-0.2, 0) is 21.1 Å². The Morgan fingerprint density at radius 1 is 1.04 bits per heavy atom. The van der Waals surface area contributed by atoms with Gasteiger partial charge in [0.1, 0.15) is 24.0 Å². The number of carbonyl (C=O) groups excluding carboxylic acids is 3. The smallest absolute Gasteiger partial charge is 0.248 e. The van der Waals surface area contributed by atoms with E-state index in [0.29, 0.717) is 42.0 Å². The predicted molar refractivity (Wildman–Crippen MR) is 197 cm³/mol. The fraction of sp³-hybridized carbons (Fsp3) is 0.359. The van der Waals surface area contributed by atoms with Crippen molar-refractivity contribution < 1.29 is 24.2 Å². The van der Waals surface area contributed by atoms with Gasteiger partial charge in [0.15, 0.2) is 0 Å². The van der Waals surface area contributed by atoms with E-state index in [2.05, 4.69) is 23.5 Å². The molecule has 12 heteroatoms. The van der Waals surface area contributed by atoms with Crippen LogP contribution in [0.3, 0.4) is 0 Å². The molecule has 0 aliphatic carbocycles.